The Morgan fingerprint density at radius 2 is 1.39 bits per heavy atom. The number of hydrazone groups is 1. The molecular weight excluding hydrogens is 500 g/mol. The fourth-order valence-corrected chi connectivity index (χ4v) is 4.26. The number of nitrogens with one attached hydrogen (secondary N) is 1. The number of rotatable bonds is 19. The van der Waals surface area contributed by atoms with Crippen LogP contribution in [0, 0.1) is 0 Å². The molecule has 0 saturated carbocycles. The first-order valence-corrected chi connectivity index (χ1v) is 14.4. The van der Waals surface area contributed by atoms with E-state index in [1.54, 1.807) is 42.5 Å². The zero-order valence-corrected chi connectivity index (χ0v) is 23.7. The van der Waals surface area contributed by atoms with E-state index in [1.807, 2.05) is 0 Å². The average Bonchev–Trinajstić information content (AvgIpc) is 2.92. The molecule has 2 rings (SSSR count). The van der Waals surface area contributed by atoms with Crippen LogP contribution < -0.4 is 14.9 Å². The predicted octanol–water partition coefficient (Wildman–Crippen LogP) is 8.50. The molecule has 0 saturated heterocycles. The van der Waals surface area contributed by atoms with Crippen molar-refractivity contribution in [3.05, 3.63) is 58.6 Å². The lowest BCUT2D eigenvalue weighted by atomic mass is 10.0. The molecule has 38 heavy (non-hydrogen) atoms. The van der Waals surface area contributed by atoms with Gasteiger partial charge in [0.05, 0.1) is 18.9 Å². The molecule has 1 amide bonds. The van der Waals surface area contributed by atoms with Crippen LogP contribution in [0.5, 0.6) is 11.5 Å². The van der Waals surface area contributed by atoms with Gasteiger partial charge in [0.1, 0.15) is 0 Å². The number of benzene rings is 2. The topological polar surface area (TPSA) is 77.0 Å². The number of carbonyl (C=O) groups excluding carboxylic acids is 2. The van der Waals surface area contributed by atoms with Crippen molar-refractivity contribution in [2.45, 2.75) is 96.8 Å². The summed E-state index contributed by atoms with van der Waals surface area (Å²) >= 11 is 5.87. The van der Waals surface area contributed by atoms with Gasteiger partial charge in [-0.25, -0.2) is 10.2 Å². The molecule has 208 valence electrons. The second-order valence-electron chi connectivity index (χ2n) is 9.59. The molecule has 0 spiro atoms. The molecule has 6 nitrogen and oxygen atoms in total. The Labute approximate surface area is 233 Å². The zero-order valence-electron chi connectivity index (χ0n) is 23.0. The smallest absolute Gasteiger partial charge is 0.343 e. The Kier molecular flexibility index (Phi) is 15.9. The van der Waals surface area contributed by atoms with Crippen molar-refractivity contribution in [3.63, 3.8) is 0 Å². The highest BCUT2D eigenvalue weighted by Gasteiger charge is 2.13. The fourth-order valence-electron chi connectivity index (χ4n) is 4.13. The Hall–Kier alpha value is -2.86. The molecule has 0 aromatic heterocycles. The van der Waals surface area contributed by atoms with E-state index in [0.29, 0.717) is 28.3 Å². The molecule has 2 aromatic rings. The lowest BCUT2D eigenvalue weighted by Crippen LogP contribution is -2.16. The van der Waals surface area contributed by atoms with E-state index in [0.717, 1.165) is 12.8 Å². The van der Waals surface area contributed by atoms with Gasteiger partial charge in [-0.05, 0) is 54.4 Å². The van der Waals surface area contributed by atoms with Gasteiger partial charge in [-0.3, -0.25) is 4.79 Å². The maximum Gasteiger partial charge on any atom is 0.343 e. The standard InChI is InChI=1S/C31H43ClN2O4/c1-3-4-5-6-7-8-9-10-11-12-13-14-15-16-30(35)34-33-24-25-17-22-28(29(23-25)37-2)38-31(36)26-18-20-27(32)21-19-26/h17-24H,3-16H2,1-2H3,(H,34,35). The van der Waals surface area contributed by atoms with Crippen LogP contribution in [-0.2, 0) is 4.79 Å². The van der Waals surface area contributed by atoms with Gasteiger partial charge in [0.25, 0.3) is 0 Å². The quantitative estimate of drug-likeness (QED) is 0.0634. The van der Waals surface area contributed by atoms with Crippen molar-refractivity contribution in [1.82, 2.24) is 5.43 Å². The van der Waals surface area contributed by atoms with Gasteiger partial charge >= 0.3 is 5.97 Å². The van der Waals surface area contributed by atoms with Crippen molar-refractivity contribution < 1.29 is 19.1 Å². The molecule has 0 heterocycles. The maximum absolute atomic E-state index is 12.4. The second kappa shape index (κ2) is 19.2. The SMILES string of the molecule is CCCCCCCCCCCCCCCC(=O)NN=Cc1ccc(OC(=O)c2ccc(Cl)cc2)c(OC)c1. The molecule has 0 radical (unpaired) electrons. The molecule has 0 aliphatic carbocycles. The minimum Gasteiger partial charge on any atom is -0.493 e. The van der Waals surface area contributed by atoms with Gasteiger partial charge in [0.15, 0.2) is 11.5 Å². The first-order chi connectivity index (χ1) is 18.5. The predicted molar refractivity (Wildman–Crippen MR) is 155 cm³/mol. The van der Waals surface area contributed by atoms with Crippen LogP contribution in [-0.4, -0.2) is 25.2 Å². The monoisotopic (exact) mass is 542 g/mol. The highest BCUT2D eigenvalue weighted by molar-refractivity contribution is 6.30. The molecule has 2 aromatic carbocycles. The summed E-state index contributed by atoms with van der Waals surface area (Å²) in [5, 5.41) is 4.58. The van der Waals surface area contributed by atoms with E-state index < -0.39 is 5.97 Å². The number of hydrogen-bond donors (Lipinski definition) is 1. The number of ether oxygens (including phenoxy) is 2. The number of amides is 1. The van der Waals surface area contributed by atoms with Crippen LogP contribution in [0.1, 0.15) is 113 Å². The van der Waals surface area contributed by atoms with E-state index in [2.05, 4.69) is 17.5 Å². The maximum atomic E-state index is 12.4. The fraction of sp³-hybridized carbons (Fsp3) is 0.516. The molecule has 0 fully saturated rings. The summed E-state index contributed by atoms with van der Waals surface area (Å²) < 4.78 is 10.8. The average molecular weight is 543 g/mol. The van der Waals surface area contributed by atoms with Gasteiger partial charge in [-0.1, -0.05) is 95.6 Å². The first kappa shape index (κ1) is 31.4. The zero-order chi connectivity index (χ0) is 27.4. The summed E-state index contributed by atoms with van der Waals surface area (Å²) in [5.74, 6) is 0.0669. The molecule has 1 N–H and O–H groups in total. The lowest BCUT2D eigenvalue weighted by Gasteiger charge is -2.10. The van der Waals surface area contributed by atoms with Gasteiger partial charge in [0.2, 0.25) is 5.91 Å². The summed E-state index contributed by atoms with van der Waals surface area (Å²) in [6, 6.07) is 11.5. The van der Waals surface area contributed by atoms with Gasteiger partial charge < -0.3 is 9.47 Å². The van der Waals surface area contributed by atoms with E-state index >= 15 is 0 Å². The van der Waals surface area contributed by atoms with Crippen molar-refractivity contribution >= 4 is 29.7 Å². The summed E-state index contributed by atoms with van der Waals surface area (Å²) in [6.07, 6.45) is 18.6. The minimum absolute atomic E-state index is 0.0928. The Morgan fingerprint density at radius 3 is 1.97 bits per heavy atom. The summed E-state index contributed by atoms with van der Waals surface area (Å²) in [4.78, 5) is 24.4. The van der Waals surface area contributed by atoms with Crippen LogP contribution in [0.4, 0.5) is 0 Å². The van der Waals surface area contributed by atoms with Crippen LogP contribution in [0.25, 0.3) is 0 Å². The second-order valence-corrected chi connectivity index (χ2v) is 10.0. The Balaban J connectivity index is 1.60. The number of unbranched alkanes of at least 4 members (excludes halogenated alkanes) is 12. The first-order valence-electron chi connectivity index (χ1n) is 14.0. The third-order valence-corrected chi connectivity index (χ3v) is 6.63. The largest absolute Gasteiger partial charge is 0.493 e. The van der Waals surface area contributed by atoms with Crippen molar-refractivity contribution in [2.24, 2.45) is 5.10 Å². The summed E-state index contributed by atoms with van der Waals surface area (Å²) in [6.45, 7) is 2.26. The normalized spacial score (nSPS) is 11.0. The van der Waals surface area contributed by atoms with E-state index in [-0.39, 0.29) is 11.7 Å². The van der Waals surface area contributed by atoms with Crippen molar-refractivity contribution in [2.75, 3.05) is 7.11 Å². The molecule has 0 bridgehead atoms. The highest BCUT2D eigenvalue weighted by Crippen LogP contribution is 2.28. The van der Waals surface area contributed by atoms with Gasteiger partial charge in [-0.2, -0.15) is 5.10 Å². The molecule has 0 aliphatic rings. The molecular formula is C31H43ClN2O4. The number of hydrogen-bond acceptors (Lipinski definition) is 5. The number of carbonyl (C=O) groups is 2. The minimum atomic E-state index is -0.512. The van der Waals surface area contributed by atoms with E-state index in [4.69, 9.17) is 21.1 Å². The molecule has 7 heteroatoms. The number of methoxy groups -OCH3 is 1. The third kappa shape index (κ3) is 13.1. The summed E-state index contributed by atoms with van der Waals surface area (Å²) in [5.41, 5.74) is 3.66. The third-order valence-electron chi connectivity index (χ3n) is 6.38. The Morgan fingerprint density at radius 1 is 0.816 bits per heavy atom. The molecule has 0 unspecified atom stereocenters. The summed E-state index contributed by atoms with van der Waals surface area (Å²) in [7, 11) is 1.49. The van der Waals surface area contributed by atoms with E-state index in [9.17, 15) is 9.59 Å². The molecule has 0 aliphatic heterocycles. The number of esters is 1. The number of halogens is 1. The van der Waals surface area contributed by atoms with Crippen LogP contribution >= 0.6 is 11.6 Å². The lowest BCUT2D eigenvalue weighted by molar-refractivity contribution is -0.121. The number of nitrogens with zero attached hydrogens (tertiary/aromatic N) is 1. The molecule has 0 atom stereocenters. The Bertz CT molecular complexity index is 992. The van der Waals surface area contributed by atoms with Crippen LogP contribution in [0.15, 0.2) is 47.6 Å². The van der Waals surface area contributed by atoms with Crippen LogP contribution in [0.2, 0.25) is 5.02 Å². The van der Waals surface area contributed by atoms with Crippen molar-refractivity contribution in [1.29, 1.82) is 0 Å². The van der Waals surface area contributed by atoms with Gasteiger partial charge in [0, 0.05) is 11.4 Å². The highest BCUT2D eigenvalue weighted by atomic mass is 35.5. The van der Waals surface area contributed by atoms with Gasteiger partial charge in [-0.15, -0.1) is 0 Å². The van der Waals surface area contributed by atoms with Crippen LogP contribution in [0.3, 0.4) is 0 Å². The van der Waals surface area contributed by atoms with E-state index in [1.165, 1.54) is 84.0 Å². The van der Waals surface area contributed by atoms with Crippen molar-refractivity contribution in [3.8, 4) is 11.5 Å².